The van der Waals surface area contributed by atoms with E-state index in [2.05, 4.69) is 221 Å². The number of benzene rings is 8. The fraction of sp³-hybridized carbons (Fsp3) is 0.0635. The van der Waals surface area contributed by atoms with Crippen LogP contribution in [-0.2, 0) is 6.42 Å². The first-order chi connectivity index (χ1) is 32.2. The number of nitrogens with zero attached hydrogens (tertiary/aromatic N) is 2. The van der Waals surface area contributed by atoms with Crippen molar-refractivity contribution < 1.29 is 0 Å². The molecule has 0 amide bonds. The van der Waals surface area contributed by atoms with Crippen LogP contribution in [0.4, 0.5) is 0 Å². The lowest BCUT2D eigenvalue weighted by Crippen LogP contribution is -2.01. The molecule has 1 aliphatic heterocycles. The zero-order valence-electron chi connectivity index (χ0n) is 35.9. The Labute approximate surface area is 378 Å². The number of para-hydroxylation sites is 1. The lowest BCUT2D eigenvalue weighted by molar-refractivity contribution is 0.983. The molecule has 0 unspecified atom stereocenters. The molecule has 0 spiro atoms. The van der Waals surface area contributed by atoms with Crippen LogP contribution in [0.3, 0.4) is 0 Å². The highest BCUT2D eigenvalue weighted by atomic mass is 15.0. The van der Waals surface area contributed by atoms with Crippen LogP contribution < -0.4 is 0 Å². The van der Waals surface area contributed by atoms with Crippen LogP contribution in [0.15, 0.2) is 194 Å². The van der Waals surface area contributed by atoms with Crippen molar-refractivity contribution in [1.29, 1.82) is 0 Å². The smallest absolute Gasteiger partial charge is 0.0624 e. The van der Waals surface area contributed by atoms with Gasteiger partial charge in [-0.05, 0) is 147 Å². The van der Waals surface area contributed by atoms with Crippen molar-refractivity contribution in [2.75, 3.05) is 0 Å². The van der Waals surface area contributed by atoms with Gasteiger partial charge in [-0.2, -0.15) is 0 Å². The summed E-state index contributed by atoms with van der Waals surface area (Å²) in [4.78, 5) is 0. The van der Waals surface area contributed by atoms with E-state index >= 15 is 0 Å². The predicted molar refractivity (Wildman–Crippen MR) is 274 cm³/mol. The Morgan fingerprint density at radius 3 is 1.80 bits per heavy atom. The minimum atomic E-state index is 1.08. The largest absolute Gasteiger partial charge is 0.309 e. The molecule has 0 N–H and O–H groups in total. The van der Waals surface area contributed by atoms with Gasteiger partial charge in [0, 0.05) is 44.6 Å². The monoisotopic (exact) mass is 826 g/mol. The summed E-state index contributed by atoms with van der Waals surface area (Å²) in [6.45, 7) is 0. The third-order valence-corrected chi connectivity index (χ3v) is 14.4. The molecular formula is C63H42N2. The van der Waals surface area contributed by atoms with Gasteiger partial charge in [0.1, 0.15) is 0 Å². The summed E-state index contributed by atoms with van der Waals surface area (Å²) in [7, 11) is 0. The fourth-order valence-electron chi connectivity index (χ4n) is 11.2. The first-order valence-electron chi connectivity index (χ1n) is 23.0. The second-order valence-electron chi connectivity index (χ2n) is 18.0. The van der Waals surface area contributed by atoms with Crippen molar-refractivity contribution in [3.8, 4) is 67.0 Å². The minimum absolute atomic E-state index is 1.08. The van der Waals surface area contributed by atoms with Crippen molar-refractivity contribution in [2.24, 2.45) is 0 Å². The number of aromatic nitrogens is 2. The number of aryl methyl sites for hydroxylation is 1. The SMILES string of the molecule is C1=Cc2c(n(-c3ccc(-c4ccc(C5=CCCC=C5)cc4)cc3)c3ccc(-c4ccc(-c5ccc6c(c5)c5cccc7c5n6-c5cc6c(cc5-c5ccccc5-7)CCC=C6)cc4)cc23)C=1. The average molecular weight is 827 g/mol. The molecule has 4 aliphatic rings. The molecule has 2 heteroatoms. The molecule has 3 aliphatic carbocycles. The van der Waals surface area contributed by atoms with Crippen LogP contribution in [0.25, 0.3) is 124 Å². The molecular weight excluding hydrogens is 785 g/mol. The second-order valence-corrected chi connectivity index (χ2v) is 18.0. The molecule has 65 heavy (non-hydrogen) atoms. The molecule has 3 heterocycles. The average Bonchev–Trinajstić information content (AvgIpc) is 4.05. The van der Waals surface area contributed by atoms with Gasteiger partial charge in [0.15, 0.2) is 0 Å². The maximum absolute atomic E-state index is 3.40. The molecule has 0 saturated heterocycles. The number of hydrogen-bond donors (Lipinski definition) is 0. The molecule has 2 aromatic heterocycles. The van der Waals surface area contributed by atoms with Gasteiger partial charge in [0.25, 0.3) is 0 Å². The van der Waals surface area contributed by atoms with Gasteiger partial charge in [0.05, 0.1) is 27.9 Å². The number of hydrogen-bond acceptors (Lipinski definition) is 0. The zero-order chi connectivity index (χ0) is 42.6. The maximum atomic E-state index is 3.40. The van der Waals surface area contributed by atoms with Gasteiger partial charge in [-0.1, -0.05) is 146 Å². The van der Waals surface area contributed by atoms with E-state index in [1.807, 2.05) is 0 Å². The van der Waals surface area contributed by atoms with Crippen molar-refractivity contribution in [2.45, 2.75) is 25.7 Å². The topological polar surface area (TPSA) is 9.86 Å². The fourth-order valence-corrected chi connectivity index (χ4v) is 11.2. The van der Waals surface area contributed by atoms with Gasteiger partial charge in [-0.25, -0.2) is 0 Å². The van der Waals surface area contributed by atoms with Crippen molar-refractivity contribution in [1.82, 2.24) is 9.13 Å². The molecule has 0 saturated carbocycles. The highest BCUT2D eigenvalue weighted by molar-refractivity contribution is 6.17. The van der Waals surface area contributed by atoms with Crippen LogP contribution in [0.1, 0.15) is 47.2 Å². The first kappa shape index (κ1) is 36.3. The van der Waals surface area contributed by atoms with Crippen LogP contribution >= 0.6 is 0 Å². The van der Waals surface area contributed by atoms with Crippen LogP contribution in [0.5, 0.6) is 0 Å². The summed E-state index contributed by atoms with van der Waals surface area (Å²) in [6, 6.07) is 61.8. The standard InChI is InChI=1S/C63H42N2/c1-2-10-40(11-3-1)41-20-22-42(23-21-41)43-28-32-50(33-29-43)64-59-19-9-16-53(59)57-37-48(30-34-60(57)64)44-24-26-45(27-25-44)49-31-35-61-58(38-49)55-18-8-17-54-51-14-6-7-15-52(51)56-36-46-12-4-5-13-47(46)39-62(56)65(61)63(54)55/h2,5-8,10-11,13-39H,1,3-4,12H2. The van der Waals surface area contributed by atoms with Gasteiger partial charge in [0.2, 0.25) is 0 Å². The summed E-state index contributed by atoms with van der Waals surface area (Å²) < 4.78 is 4.92. The van der Waals surface area contributed by atoms with Crippen LogP contribution in [-0.4, -0.2) is 9.13 Å². The van der Waals surface area contributed by atoms with Crippen molar-refractivity contribution in [3.63, 3.8) is 0 Å². The van der Waals surface area contributed by atoms with Crippen LogP contribution in [0, 0.1) is 0 Å². The van der Waals surface area contributed by atoms with E-state index < -0.39 is 0 Å². The number of fused-ring (bicyclic) bond motifs is 12. The number of allylic oxidation sites excluding steroid dienone is 5. The van der Waals surface area contributed by atoms with Crippen LogP contribution in [0.2, 0.25) is 0 Å². The van der Waals surface area contributed by atoms with E-state index in [-0.39, 0.29) is 0 Å². The summed E-state index contributed by atoms with van der Waals surface area (Å²) in [6.07, 6.45) is 20.2. The zero-order valence-corrected chi connectivity index (χ0v) is 35.9. The van der Waals surface area contributed by atoms with Gasteiger partial charge in [-0.3, -0.25) is 0 Å². The van der Waals surface area contributed by atoms with E-state index in [1.54, 1.807) is 0 Å². The molecule has 14 rings (SSSR count). The molecule has 304 valence electrons. The molecule has 2 nitrogen and oxygen atoms in total. The summed E-state index contributed by atoms with van der Waals surface area (Å²) in [5, 5.41) is 3.81. The Bertz CT molecular complexity index is 3810. The van der Waals surface area contributed by atoms with E-state index in [1.165, 1.54) is 128 Å². The van der Waals surface area contributed by atoms with E-state index in [0.29, 0.717) is 0 Å². The second kappa shape index (κ2) is 14.2. The molecule has 10 aromatic rings. The summed E-state index contributed by atoms with van der Waals surface area (Å²) >= 11 is 0. The minimum Gasteiger partial charge on any atom is -0.309 e. The van der Waals surface area contributed by atoms with Gasteiger partial charge >= 0.3 is 0 Å². The normalized spacial score (nSPS) is 14.1. The summed E-state index contributed by atoms with van der Waals surface area (Å²) in [5.41, 5.74) is 29.8. The predicted octanol–water partition coefficient (Wildman–Crippen LogP) is 16.7. The first-order valence-corrected chi connectivity index (χ1v) is 23.0. The Hall–Kier alpha value is -8.16. The Morgan fingerprint density at radius 2 is 1.06 bits per heavy atom. The quantitative estimate of drug-likeness (QED) is 0.153. The molecule has 0 fully saturated rings. The van der Waals surface area contributed by atoms with Crippen molar-refractivity contribution >= 4 is 56.5 Å². The Balaban J connectivity index is 0.802. The van der Waals surface area contributed by atoms with E-state index in [0.717, 1.165) is 31.4 Å². The molecule has 0 bridgehead atoms. The highest BCUT2D eigenvalue weighted by Gasteiger charge is 2.26. The lowest BCUT2D eigenvalue weighted by atomic mass is 9.89. The summed E-state index contributed by atoms with van der Waals surface area (Å²) in [5.74, 6) is 0. The molecule has 0 atom stereocenters. The lowest BCUT2D eigenvalue weighted by Gasteiger charge is -2.18. The highest BCUT2D eigenvalue weighted by Crippen LogP contribution is 2.48. The van der Waals surface area contributed by atoms with E-state index in [4.69, 9.17) is 0 Å². The molecule has 0 radical (unpaired) electrons. The third kappa shape index (κ3) is 5.61. The third-order valence-electron chi connectivity index (χ3n) is 14.4. The van der Waals surface area contributed by atoms with E-state index in [9.17, 15) is 0 Å². The van der Waals surface area contributed by atoms with Gasteiger partial charge in [-0.15, -0.1) is 5.73 Å². The number of rotatable bonds is 5. The Kier molecular flexibility index (Phi) is 7.92. The van der Waals surface area contributed by atoms with Crippen molar-refractivity contribution in [3.05, 3.63) is 222 Å². The van der Waals surface area contributed by atoms with Gasteiger partial charge < -0.3 is 9.13 Å². The molecule has 8 aromatic carbocycles. The maximum Gasteiger partial charge on any atom is 0.0624 e. The Morgan fingerprint density at radius 1 is 0.431 bits per heavy atom.